The molecule has 0 unspecified atom stereocenters. The van der Waals surface area contributed by atoms with E-state index in [4.69, 9.17) is 17.3 Å². The molecule has 5 rings (SSSR count). The third-order valence-corrected chi connectivity index (χ3v) is 5.92. The molecule has 10 heteroatoms. The molecule has 1 fully saturated rings. The Labute approximate surface area is 194 Å². The number of aromatic amines is 1. The molecule has 33 heavy (non-hydrogen) atoms. The van der Waals surface area contributed by atoms with Gasteiger partial charge in [0.25, 0.3) is 0 Å². The van der Waals surface area contributed by atoms with Gasteiger partial charge in [-0.1, -0.05) is 35.9 Å². The monoisotopic (exact) mass is 463 g/mol. The summed E-state index contributed by atoms with van der Waals surface area (Å²) in [6, 6.07) is 14.2. The summed E-state index contributed by atoms with van der Waals surface area (Å²) < 4.78 is 0. The first kappa shape index (κ1) is 21.0. The van der Waals surface area contributed by atoms with Crippen molar-refractivity contribution in [2.75, 3.05) is 36.8 Å². The predicted octanol–water partition coefficient (Wildman–Crippen LogP) is 2.85. The number of nitrogens with one attached hydrogen (secondary N) is 1. The van der Waals surface area contributed by atoms with Gasteiger partial charge in [0.1, 0.15) is 17.1 Å². The van der Waals surface area contributed by atoms with Crippen molar-refractivity contribution >= 4 is 40.4 Å². The van der Waals surface area contributed by atoms with Crippen LogP contribution in [0.4, 0.5) is 11.8 Å². The maximum atomic E-state index is 12.7. The number of aromatic nitrogens is 4. The van der Waals surface area contributed by atoms with Crippen LogP contribution in [-0.4, -0.2) is 62.0 Å². The minimum absolute atomic E-state index is 0.0806. The second kappa shape index (κ2) is 8.59. The van der Waals surface area contributed by atoms with Crippen molar-refractivity contribution in [3.05, 3.63) is 59.1 Å². The van der Waals surface area contributed by atoms with Crippen LogP contribution in [0.1, 0.15) is 5.56 Å². The molecule has 1 amide bonds. The van der Waals surface area contributed by atoms with E-state index in [2.05, 4.69) is 24.8 Å². The second-order valence-corrected chi connectivity index (χ2v) is 8.35. The van der Waals surface area contributed by atoms with Crippen LogP contribution in [0.3, 0.4) is 0 Å². The van der Waals surface area contributed by atoms with E-state index in [1.807, 2.05) is 23.1 Å². The number of phenolic OH excluding ortho intramolecular Hbond substituents is 1. The number of nitrogens with two attached hydrogens (primary N) is 1. The molecule has 3 heterocycles. The topological polar surface area (TPSA) is 124 Å². The lowest BCUT2D eigenvalue weighted by molar-refractivity contribution is -0.130. The molecule has 2 aromatic heterocycles. The molecule has 0 saturated carbocycles. The van der Waals surface area contributed by atoms with Crippen molar-refractivity contribution in [3.8, 4) is 17.1 Å². The van der Waals surface area contributed by atoms with Gasteiger partial charge in [0.15, 0.2) is 11.5 Å². The smallest absolute Gasteiger partial charge is 0.227 e. The van der Waals surface area contributed by atoms with Crippen LogP contribution in [0.5, 0.6) is 5.75 Å². The number of halogens is 1. The standard InChI is InChI=1S/C23H22ClN7O2/c24-16-6-4-14(5-7-16)12-18(33)30-8-10-31(11-9-30)22-19-21(28-23(25)29-22)27-20(26-19)15-2-1-3-17(32)13-15/h1-7,13,32H,8-12H2,(H3,25,26,27,28,29). The average molecular weight is 464 g/mol. The zero-order valence-corrected chi connectivity index (χ0v) is 18.5. The van der Waals surface area contributed by atoms with E-state index < -0.39 is 0 Å². The van der Waals surface area contributed by atoms with Gasteiger partial charge in [0.05, 0.1) is 6.42 Å². The number of rotatable bonds is 4. The molecule has 2 aromatic carbocycles. The Morgan fingerprint density at radius 3 is 2.55 bits per heavy atom. The molecule has 4 N–H and O–H groups in total. The third kappa shape index (κ3) is 4.40. The number of anilines is 2. The highest BCUT2D eigenvalue weighted by Gasteiger charge is 2.25. The zero-order valence-electron chi connectivity index (χ0n) is 17.7. The summed E-state index contributed by atoms with van der Waals surface area (Å²) in [5.74, 6) is 1.59. The SMILES string of the molecule is Nc1nc(N2CCN(C(=O)Cc3ccc(Cl)cc3)CC2)c2[nH]c(-c3cccc(O)c3)nc2n1. The minimum Gasteiger partial charge on any atom is -0.508 e. The Morgan fingerprint density at radius 1 is 1.06 bits per heavy atom. The Bertz CT molecular complexity index is 1310. The number of piperazine rings is 1. The van der Waals surface area contributed by atoms with E-state index in [-0.39, 0.29) is 17.6 Å². The van der Waals surface area contributed by atoms with E-state index in [1.54, 1.807) is 30.3 Å². The second-order valence-electron chi connectivity index (χ2n) is 7.91. The quantitative estimate of drug-likeness (QED) is 0.425. The van der Waals surface area contributed by atoms with Crippen LogP contribution in [0.15, 0.2) is 48.5 Å². The zero-order chi connectivity index (χ0) is 22.9. The number of carbonyl (C=O) groups is 1. The summed E-state index contributed by atoms with van der Waals surface area (Å²) in [7, 11) is 0. The number of hydrogen-bond acceptors (Lipinski definition) is 7. The molecule has 1 aliphatic rings. The van der Waals surface area contributed by atoms with Crippen LogP contribution < -0.4 is 10.6 Å². The number of fused-ring (bicyclic) bond motifs is 1. The molecule has 168 valence electrons. The van der Waals surface area contributed by atoms with Gasteiger partial charge in [-0.25, -0.2) is 4.98 Å². The summed E-state index contributed by atoms with van der Waals surface area (Å²) in [6.45, 7) is 2.37. The maximum Gasteiger partial charge on any atom is 0.227 e. The number of carbonyl (C=O) groups excluding carboxylic acids is 1. The molecule has 4 aromatic rings. The Balaban J connectivity index is 1.33. The first-order chi connectivity index (χ1) is 16.0. The number of nitrogens with zero attached hydrogens (tertiary/aromatic N) is 5. The predicted molar refractivity (Wildman–Crippen MR) is 127 cm³/mol. The summed E-state index contributed by atoms with van der Waals surface area (Å²) in [6.07, 6.45) is 0.343. The number of amides is 1. The largest absolute Gasteiger partial charge is 0.508 e. The fraction of sp³-hybridized carbons (Fsp3) is 0.217. The first-order valence-corrected chi connectivity index (χ1v) is 10.9. The van der Waals surface area contributed by atoms with E-state index in [0.29, 0.717) is 60.4 Å². The number of hydrogen-bond donors (Lipinski definition) is 3. The van der Waals surface area contributed by atoms with Crippen molar-refractivity contribution < 1.29 is 9.90 Å². The maximum absolute atomic E-state index is 12.7. The Kier molecular flexibility index (Phi) is 5.47. The van der Waals surface area contributed by atoms with E-state index >= 15 is 0 Å². The van der Waals surface area contributed by atoms with Crippen LogP contribution in [-0.2, 0) is 11.2 Å². The number of imidazole rings is 1. The molecule has 9 nitrogen and oxygen atoms in total. The van der Waals surface area contributed by atoms with Gasteiger partial charge in [-0.2, -0.15) is 9.97 Å². The van der Waals surface area contributed by atoms with Crippen molar-refractivity contribution in [3.63, 3.8) is 0 Å². The van der Waals surface area contributed by atoms with E-state index in [1.165, 1.54) is 0 Å². The fourth-order valence-corrected chi connectivity index (χ4v) is 4.10. The fourth-order valence-electron chi connectivity index (χ4n) is 3.97. The Morgan fingerprint density at radius 2 is 1.82 bits per heavy atom. The molecule has 0 bridgehead atoms. The van der Waals surface area contributed by atoms with Crippen LogP contribution >= 0.6 is 11.6 Å². The number of nitrogen functional groups attached to an aromatic ring is 1. The molecule has 0 aliphatic carbocycles. The highest BCUT2D eigenvalue weighted by atomic mass is 35.5. The number of phenols is 1. The lowest BCUT2D eigenvalue weighted by Crippen LogP contribution is -2.49. The summed E-state index contributed by atoms with van der Waals surface area (Å²) in [5, 5.41) is 10.4. The Hall–Kier alpha value is -3.85. The van der Waals surface area contributed by atoms with Gasteiger partial charge in [0, 0.05) is 36.8 Å². The van der Waals surface area contributed by atoms with Gasteiger partial charge in [-0.05, 0) is 29.8 Å². The van der Waals surface area contributed by atoms with E-state index in [9.17, 15) is 9.90 Å². The molecular weight excluding hydrogens is 442 g/mol. The molecule has 0 radical (unpaired) electrons. The van der Waals surface area contributed by atoms with Crippen molar-refractivity contribution in [2.45, 2.75) is 6.42 Å². The van der Waals surface area contributed by atoms with Gasteiger partial charge < -0.3 is 25.6 Å². The lowest BCUT2D eigenvalue weighted by Gasteiger charge is -2.35. The molecule has 0 atom stereocenters. The molecule has 1 aliphatic heterocycles. The highest BCUT2D eigenvalue weighted by molar-refractivity contribution is 6.30. The van der Waals surface area contributed by atoms with E-state index in [0.717, 1.165) is 11.1 Å². The van der Waals surface area contributed by atoms with Gasteiger partial charge >= 0.3 is 0 Å². The lowest BCUT2D eigenvalue weighted by atomic mass is 10.1. The normalized spacial score (nSPS) is 14.1. The number of H-pyrrole nitrogens is 1. The molecular formula is C23H22ClN7O2. The van der Waals surface area contributed by atoms with Gasteiger partial charge in [-0.15, -0.1) is 0 Å². The van der Waals surface area contributed by atoms with Crippen molar-refractivity contribution in [1.29, 1.82) is 0 Å². The van der Waals surface area contributed by atoms with Crippen LogP contribution in [0, 0.1) is 0 Å². The number of benzene rings is 2. The van der Waals surface area contributed by atoms with Crippen LogP contribution in [0.25, 0.3) is 22.6 Å². The van der Waals surface area contributed by atoms with Crippen molar-refractivity contribution in [2.24, 2.45) is 0 Å². The highest BCUT2D eigenvalue weighted by Crippen LogP contribution is 2.28. The first-order valence-electron chi connectivity index (χ1n) is 10.6. The number of aromatic hydroxyl groups is 1. The van der Waals surface area contributed by atoms with Gasteiger partial charge in [-0.3, -0.25) is 4.79 Å². The minimum atomic E-state index is 0.0806. The van der Waals surface area contributed by atoms with Crippen molar-refractivity contribution in [1.82, 2.24) is 24.8 Å². The van der Waals surface area contributed by atoms with Gasteiger partial charge in [0.2, 0.25) is 11.9 Å². The third-order valence-electron chi connectivity index (χ3n) is 5.67. The summed E-state index contributed by atoms with van der Waals surface area (Å²) in [5.41, 5.74) is 8.75. The molecule has 1 saturated heterocycles. The average Bonchev–Trinajstić information content (AvgIpc) is 3.24. The summed E-state index contributed by atoms with van der Waals surface area (Å²) in [4.78, 5) is 33.2. The van der Waals surface area contributed by atoms with Crippen LogP contribution in [0.2, 0.25) is 5.02 Å². The summed E-state index contributed by atoms with van der Waals surface area (Å²) >= 11 is 5.93. The molecule has 0 spiro atoms.